The first kappa shape index (κ1) is 23.4. The van der Waals surface area contributed by atoms with Crippen LogP contribution in [0.15, 0.2) is 47.6 Å². The average molecular weight is 424 g/mol. The summed E-state index contributed by atoms with van der Waals surface area (Å²) < 4.78 is 15.7. The van der Waals surface area contributed by atoms with Crippen molar-refractivity contribution in [3.8, 4) is 17.6 Å². The van der Waals surface area contributed by atoms with Gasteiger partial charge in [-0.15, -0.1) is 0 Å². The summed E-state index contributed by atoms with van der Waals surface area (Å²) in [5, 5.41) is 9.46. The third-order valence-electron chi connectivity index (χ3n) is 4.51. The molecule has 0 unspecified atom stereocenters. The maximum atomic E-state index is 13.0. The van der Waals surface area contributed by atoms with Crippen LogP contribution in [0.4, 0.5) is 0 Å². The Hall–Kier alpha value is -3.86. The number of carbonyl (C=O) groups is 3. The Morgan fingerprint density at radius 3 is 2.61 bits per heavy atom. The molecule has 1 heterocycles. The number of amides is 2. The van der Waals surface area contributed by atoms with Gasteiger partial charge in [0.2, 0.25) is 0 Å². The van der Waals surface area contributed by atoms with E-state index in [1.54, 1.807) is 37.3 Å². The van der Waals surface area contributed by atoms with Crippen molar-refractivity contribution < 1.29 is 28.6 Å². The summed E-state index contributed by atoms with van der Waals surface area (Å²) in [6, 6.07) is 7.02. The highest BCUT2D eigenvalue weighted by Gasteiger charge is 2.35. The van der Waals surface area contributed by atoms with E-state index in [0.29, 0.717) is 29.2 Å². The Labute approximate surface area is 181 Å². The number of ether oxygens (including phenoxy) is 3. The van der Waals surface area contributed by atoms with Crippen LogP contribution in [0.5, 0.6) is 11.5 Å². The van der Waals surface area contributed by atoms with Crippen molar-refractivity contribution in [1.82, 2.24) is 4.90 Å². The van der Waals surface area contributed by atoms with Crippen molar-refractivity contribution in [3.05, 3.63) is 53.1 Å². The number of nitriles is 1. The summed E-state index contributed by atoms with van der Waals surface area (Å²) >= 11 is 0. The molecule has 31 heavy (non-hydrogen) atoms. The van der Waals surface area contributed by atoms with Crippen molar-refractivity contribution in [2.45, 2.75) is 20.3 Å². The van der Waals surface area contributed by atoms with Gasteiger partial charge in [-0.2, -0.15) is 5.26 Å². The standard InChI is InChI=1S/C23H24N2O6/c1-5-10-31-20-8-7-17(13-21(20)29-4)12-18-15(2)19(14-24)23(28)25(22(18)27)9-6-11-30-16(3)26/h5,7-8,12-13H,1,6,9-11H2,2-4H3/b18-12-. The quantitative estimate of drug-likeness (QED) is 0.197. The molecule has 0 bridgehead atoms. The number of esters is 1. The third-order valence-corrected chi connectivity index (χ3v) is 4.51. The molecular formula is C23H24N2O6. The molecule has 1 aromatic rings. The molecule has 2 amide bonds. The van der Waals surface area contributed by atoms with Gasteiger partial charge < -0.3 is 14.2 Å². The second kappa shape index (κ2) is 10.8. The molecule has 0 radical (unpaired) electrons. The Bertz CT molecular complexity index is 1000. The van der Waals surface area contributed by atoms with E-state index in [9.17, 15) is 19.6 Å². The molecule has 8 nitrogen and oxygen atoms in total. The van der Waals surface area contributed by atoms with Crippen LogP contribution in [-0.2, 0) is 19.1 Å². The van der Waals surface area contributed by atoms with Gasteiger partial charge in [-0.25, -0.2) is 0 Å². The lowest BCUT2D eigenvalue weighted by Gasteiger charge is -2.27. The second-order valence-electron chi connectivity index (χ2n) is 6.64. The van der Waals surface area contributed by atoms with Crippen molar-refractivity contribution >= 4 is 23.9 Å². The molecule has 1 aromatic carbocycles. The lowest BCUT2D eigenvalue weighted by atomic mass is 9.93. The van der Waals surface area contributed by atoms with Crippen LogP contribution in [0, 0.1) is 11.3 Å². The minimum Gasteiger partial charge on any atom is -0.493 e. The van der Waals surface area contributed by atoms with E-state index in [-0.39, 0.29) is 30.7 Å². The summed E-state index contributed by atoms with van der Waals surface area (Å²) in [6.07, 6.45) is 3.48. The van der Waals surface area contributed by atoms with E-state index in [1.165, 1.54) is 14.0 Å². The van der Waals surface area contributed by atoms with Gasteiger partial charge in [0, 0.05) is 19.0 Å². The molecule has 0 aliphatic carbocycles. The molecule has 8 heteroatoms. The Kier molecular flexibility index (Phi) is 8.15. The van der Waals surface area contributed by atoms with Crippen molar-refractivity contribution in [2.24, 2.45) is 0 Å². The number of benzene rings is 1. The van der Waals surface area contributed by atoms with E-state index in [0.717, 1.165) is 4.90 Å². The molecule has 0 saturated heterocycles. The number of methoxy groups -OCH3 is 1. The molecule has 0 atom stereocenters. The third kappa shape index (κ3) is 5.60. The van der Waals surface area contributed by atoms with E-state index in [4.69, 9.17) is 14.2 Å². The largest absolute Gasteiger partial charge is 0.493 e. The van der Waals surface area contributed by atoms with E-state index in [1.807, 2.05) is 6.07 Å². The zero-order valence-electron chi connectivity index (χ0n) is 17.8. The predicted octanol–water partition coefficient (Wildman–Crippen LogP) is 2.81. The zero-order chi connectivity index (χ0) is 23.0. The molecule has 1 aliphatic rings. The van der Waals surface area contributed by atoms with Crippen LogP contribution in [-0.4, -0.2) is 49.6 Å². The average Bonchev–Trinajstić information content (AvgIpc) is 2.75. The number of carbonyl (C=O) groups excluding carboxylic acids is 3. The fraction of sp³-hybridized carbons (Fsp3) is 0.304. The van der Waals surface area contributed by atoms with Crippen LogP contribution >= 0.6 is 0 Å². The Balaban J connectivity index is 2.37. The van der Waals surface area contributed by atoms with E-state index >= 15 is 0 Å². The number of rotatable bonds is 9. The highest BCUT2D eigenvalue weighted by Crippen LogP contribution is 2.31. The highest BCUT2D eigenvalue weighted by molar-refractivity contribution is 6.19. The second-order valence-corrected chi connectivity index (χ2v) is 6.64. The molecule has 162 valence electrons. The molecule has 2 rings (SSSR count). The predicted molar refractivity (Wildman–Crippen MR) is 113 cm³/mol. The molecule has 0 fully saturated rings. The van der Waals surface area contributed by atoms with Crippen molar-refractivity contribution in [3.63, 3.8) is 0 Å². The summed E-state index contributed by atoms with van der Waals surface area (Å²) in [5.41, 5.74) is 1.07. The van der Waals surface area contributed by atoms with E-state index in [2.05, 4.69) is 6.58 Å². The minimum atomic E-state index is -0.657. The summed E-state index contributed by atoms with van der Waals surface area (Å²) in [5.74, 6) is -0.631. The first-order chi connectivity index (χ1) is 14.8. The summed E-state index contributed by atoms with van der Waals surface area (Å²) in [6.45, 7) is 6.86. The lowest BCUT2D eigenvalue weighted by Crippen LogP contribution is -2.43. The van der Waals surface area contributed by atoms with Crippen molar-refractivity contribution in [1.29, 1.82) is 5.26 Å². The number of imide groups is 1. The summed E-state index contributed by atoms with van der Waals surface area (Å²) in [4.78, 5) is 37.5. The SMILES string of the molecule is C=CCOc1ccc(/C=C2\C(=O)N(CCCOC(C)=O)C(=O)C(C#N)=C2C)cc1OC. The van der Waals surface area contributed by atoms with Gasteiger partial charge in [-0.1, -0.05) is 18.7 Å². The Morgan fingerprint density at radius 2 is 2.00 bits per heavy atom. The topological polar surface area (TPSA) is 106 Å². The van der Waals surface area contributed by atoms with Crippen LogP contribution < -0.4 is 9.47 Å². The van der Waals surface area contributed by atoms with Crippen LogP contribution in [0.2, 0.25) is 0 Å². The van der Waals surface area contributed by atoms with E-state index < -0.39 is 17.8 Å². The fourth-order valence-corrected chi connectivity index (χ4v) is 2.98. The molecule has 0 spiro atoms. The minimum absolute atomic E-state index is 0.0262. The van der Waals surface area contributed by atoms with Gasteiger partial charge in [-0.3, -0.25) is 19.3 Å². The van der Waals surface area contributed by atoms with Gasteiger partial charge in [0.25, 0.3) is 11.8 Å². The molecule has 0 saturated carbocycles. The lowest BCUT2D eigenvalue weighted by molar-refractivity contribution is -0.141. The van der Waals surface area contributed by atoms with Crippen molar-refractivity contribution in [2.75, 3.05) is 26.9 Å². The Morgan fingerprint density at radius 1 is 1.26 bits per heavy atom. The number of nitrogens with zero attached hydrogens (tertiary/aromatic N) is 2. The number of hydrogen-bond acceptors (Lipinski definition) is 7. The smallest absolute Gasteiger partial charge is 0.302 e. The van der Waals surface area contributed by atoms with Gasteiger partial charge >= 0.3 is 5.97 Å². The maximum absolute atomic E-state index is 13.0. The maximum Gasteiger partial charge on any atom is 0.302 e. The zero-order valence-corrected chi connectivity index (χ0v) is 17.8. The molecular weight excluding hydrogens is 400 g/mol. The van der Waals surface area contributed by atoms with Crippen LogP contribution in [0.1, 0.15) is 25.8 Å². The molecule has 0 N–H and O–H groups in total. The number of hydrogen-bond donors (Lipinski definition) is 0. The molecule has 1 aliphatic heterocycles. The van der Waals surface area contributed by atoms with Gasteiger partial charge in [-0.05, 0) is 42.7 Å². The normalized spacial score (nSPS) is 15.0. The first-order valence-electron chi connectivity index (χ1n) is 9.58. The highest BCUT2D eigenvalue weighted by atomic mass is 16.5. The first-order valence-corrected chi connectivity index (χ1v) is 9.58. The monoisotopic (exact) mass is 424 g/mol. The van der Waals surface area contributed by atoms with Gasteiger partial charge in [0.1, 0.15) is 18.2 Å². The van der Waals surface area contributed by atoms with Gasteiger partial charge in [0.15, 0.2) is 11.5 Å². The fourth-order valence-electron chi connectivity index (χ4n) is 2.98. The van der Waals surface area contributed by atoms with Crippen LogP contribution in [0.3, 0.4) is 0 Å². The van der Waals surface area contributed by atoms with Crippen LogP contribution in [0.25, 0.3) is 6.08 Å². The molecule has 0 aromatic heterocycles. The van der Waals surface area contributed by atoms with Gasteiger partial charge in [0.05, 0.1) is 13.7 Å². The summed E-state index contributed by atoms with van der Waals surface area (Å²) in [7, 11) is 1.50.